The van der Waals surface area contributed by atoms with Gasteiger partial charge in [-0.05, 0) is 37.1 Å². The molecule has 0 amide bonds. The number of aliphatic hydroxyl groups is 1. The molecule has 1 atom stereocenters. The van der Waals surface area contributed by atoms with E-state index in [0.29, 0.717) is 5.82 Å². The zero-order valence-electron chi connectivity index (χ0n) is 9.97. The summed E-state index contributed by atoms with van der Waals surface area (Å²) in [6, 6.07) is 5.87. The zero-order valence-corrected chi connectivity index (χ0v) is 10.8. The van der Waals surface area contributed by atoms with Crippen molar-refractivity contribution in [1.82, 2.24) is 4.98 Å². The van der Waals surface area contributed by atoms with Crippen molar-refractivity contribution in [1.29, 1.82) is 0 Å². The van der Waals surface area contributed by atoms with E-state index in [1.54, 1.807) is 17.5 Å². The van der Waals surface area contributed by atoms with Gasteiger partial charge in [0.1, 0.15) is 11.9 Å². The molecule has 0 radical (unpaired) electrons. The summed E-state index contributed by atoms with van der Waals surface area (Å²) in [6.07, 6.45) is 1.97. The smallest absolute Gasteiger partial charge is 0.129 e. The van der Waals surface area contributed by atoms with Crippen molar-refractivity contribution in [3.8, 4) is 0 Å². The molecule has 3 N–H and O–H groups in total. The standard InChI is InChI=1S/C13H16N2OS/c1-3-9-4-5-10(17-9)12(16)11-8(2)6-7-15-13(11)14/h4-7,12,16H,3H2,1-2H3,(H2,14,15). The molecule has 2 rings (SSSR count). The van der Waals surface area contributed by atoms with Crippen LogP contribution < -0.4 is 5.73 Å². The minimum Gasteiger partial charge on any atom is -0.383 e. The van der Waals surface area contributed by atoms with Gasteiger partial charge in [-0.25, -0.2) is 4.98 Å². The maximum absolute atomic E-state index is 10.4. The van der Waals surface area contributed by atoms with Crippen LogP contribution >= 0.6 is 11.3 Å². The van der Waals surface area contributed by atoms with Gasteiger partial charge in [0, 0.05) is 21.5 Å². The zero-order chi connectivity index (χ0) is 12.4. The van der Waals surface area contributed by atoms with E-state index in [9.17, 15) is 5.11 Å². The Morgan fingerprint density at radius 2 is 2.18 bits per heavy atom. The van der Waals surface area contributed by atoms with Crippen LogP contribution in [0.3, 0.4) is 0 Å². The molecular formula is C13H16N2OS. The second kappa shape index (κ2) is 4.85. The number of aliphatic hydroxyl groups excluding tert-OH is 1. The molecule has 2 heterocycles. The molecule has 4 heteroatoms. The molecule has 0 saturated heterocycles. The highest BCUT2D eigenvalue weighted by Crippen LogP contribution is 2.32. The number of nitrogen functional groups attached to an aromatic ring is 1. The third-order valence-electron chi connectivity index (χ3n) is 2.81. The van der Waals surface area contributed by atoms with Crippen molar-refractivity contribution in [2.24, 2.45) is 0 Å². The first-order chi connectivity index (χ1) is 8.13. The van der Waals surface area contributed by atoms with Crippen molar-refractivity contribution < 1.29 is 5.11 Å². The van der Waals surface area contributed by atoms with Crippen molar-refractivity contribution in [2.45, 2.75) is 26.4 Å². The van der Waals surface area contributed by atoms with Crippen LogP contribution in [0.15, 0.2) is 24.4 Å². The normalized spacial score (nSPS) is 12.6. The summed E-state index contributed by atoms with van der Waals surface area (Å²) >= 11 is 1.62. The van der Waals surface area contributed by atoms with Crippen molar-refractivity contribution >= 4 is 17.2 Å². The molecular weight excluding hydrogens is 232 g/mol. The maximum atomic E-state index is 10.4. The molecule has 0 aliphatic carbocycles. The quantitative estimate of drug-likeness (QED) is 0.878. The number of nitrogens with two attached hydrogens (primary N) is 1. The second-order valence-corrected chi connectivity index (χ2v) is 5.19. The molecule has 0 fully saturated rings. The van der Waals surface area contributed by atoms with E-state index in [1.807, 2.05) is 25.1 Å². The fourth-order valence-electron chi connectivity index (χ4n) is 1.82. The van der Waals surface area contributed by atoms with Crippen molar-refractivity contribution in [2.75, 3.05) is 5.73 Å². The number of hydrogen-bond donors (Lipinski definition) is 2. The summed E-state index contributed by atoms with van der Waals surface area (Å²) in [7, 11) is 0. The predicted octanol–water partition coefficient (Wildman–Crippen LogP) is 2.68. The molecule has 2 aromatic rings. The number of rotatable bonds is 3. The van der Waals surface area contributed by atoms with Gasteiger partial charge in [0.15, 0.2) is 0 Å². The molecule has 0 spiro atoms. The minimum atomic E-state index is -0.672. The third kappa shape index (κ3) is 2.33. The molecule has 0 aliphatic heterocycles. The summed E-state index contributed by atoms with van der Waals surface area (Å²) in [5.41, 5.74) is 7.52. The molecule has 0 saturated carbocycles. The summed E-state index contributed by atoms with van der Waals surface area (Å²) in [4.78, 5) is 6.22. The lowest BCUT2D eigenvalue weighted by atomic mass is 10.0. The number of aromatic nitrogens is 1. The fourth-order valence-corrected chi connectivity index (χ4v) is 2.77. The Balaban J connectivity index is 2.39. The molecule has 1 unspecified atom stereocenters. The van der Waals surface area contributed by atoms with Gasteiger partial charge in [0.2, 0.25) is 0 Å². The number of aryl methyl sites for hydroxylation is 2. The average molecular weight is 248 g/mol. The van der Waals surface area contributed by atoms with E-state index in [1.165, 1.54) is 4.88 Å². The van der Waals surface area contributed by atoms with Gasteiger partial charge in [-0.2, -0.15) is 0 Å². The highest BCUT2D eigenvalue weighted by Gasteiger charge is 2.18. The Hall–Kier alpha value is -1.39. The number of hydrogen-bond acceptors (Lipinski definition) is 4. The van der Waals surface area contributed by atoms with Crippen LogP contribution in [0.4, 0.5) is 5.82 Å². The van der Waals surface area contributed by atoms with Crippen LogP contribution in [0.25, 0.3) is 0 Å². The number of anilines is 1. The summed E-state index contributed by atoms with van der Waals surface area (Å²) in [5, 5.41) is 10.4. The van der Waals surface area contributed by atoms with Gasteiger partial charge in [-0.1, -0.05) is 6.92 Å². The van der Waals surface area contributed by atoms with E-state index < -0.39 is 6.10 Å². The molecule has 17 heavy (non-hydrogen) atoms. The first-order valence-corrected chi connectivity index (χ1v) is 6.42. The van der Waals surface area contributed by atoms with Crippen LogP contribution in [0.5, 0.6) is 0 Å². The molecule has 90 valence electrons. The van der Waals surface area contributed by atoms with E-state index in [-0.39, 0.29) is 0 Å². The Labute approximate surface area is 105 Å². The molecule has 3 nitrogen and oxygen atoms in total. The SMILES string of the molecule is CCc1ccc(C(O)c2c(C)ccnc2N)s1. The monoisotopic (exact) mass is 248 g/mol. The number of pyridine rings is 1. The Kier molecular flexibility index (Phi) is 3.45. The minimum absolute atomic E-state index is 0.406. The fraction of sp³-hybridized carbons (Fsp3) is 0.308. The Bertz CT molecular complexity index is 502. The van der Waals surface area contributed by atoms with Crippen molar-refractivity contribution in [3.63, 3.8) is 0 Å². The van der Waals surface area contributed by atoms with Crippen LogP contribution in [0.2, 0.25) is 0 Å². The van der Waals surface area contributed by atoms with E-state index >= 15 is 0 Å². The highest BCUT2D eigenvalue weighted by molar-refractivity contribution is 7.12. The van der Waals surface area contributed by atoms with Gasteiger partial charge in [0.05, 0.1) is 0 Å². The van der Waals surface area contributed by atoms with Gasteiger partial charge in [0.25, 0.3) is 0 Å². The summed E-state index contributed by atoms with van der Waals surface area (Å²) in [5.74, 6) is 0.406. The van der Waals surface area contributed by atoms with Crippen LogP contribution in [0.1, 0.15) is 33.9 Å². The van der Waals surface area contributed by atoms with Gasteiger partial charge in [-0.3, -0.25) is 0 Å². The molecule has 0 bridgehead atoms. The topological polar surface area (TPSA) is 59.1 Å². The predicted molar refractivity (Wildman–Crippen MR) is 71.1 cm³/mol. The first-order valence-electron chi connectivity index (χ1n) is 5.61. The lowest BCUT2D eigenvalue weighted by molar-refractivity contribution is 0.224. The Morgan fingerprint density at radius 1 is 1.41 bits per heavy atom. The van der Waals surface area contributed by atoms with E-state index in [4.69, 9.17) is 5.73 Å². The van der Waals surface area contributed by atoms with Crippen LogP contribution in [-0.2, 0) is 6.42 Å². The molecule has 0 aromatic carbocycles. The largest absolute Gasteiger partial charge is 0.383 e. The van der Waals surface area contributed by atoms with Gasteiger partial charge in [-0.15, -0.1) is 11.3 Å². The first kappa shape index (κ1) is 12.1. The second-order valence-electron chi connectivity index (χ2n) is 3.99. The average Bonchev–Trinajstić information content (AvgIpc) is 2.77. The molecule has 0 aliphatic rings. The summed E-state index contributed by atoms with van der Waals surface area (Å²) < 4.78 is 0. The lowest BCUT2D eigenvalue weighted by Crippen LogP contribution is -2.06. The Morgan fingerprint density at radius 3 is 2.76 bits per heavy atom. The maximum Gasteiger partial charge on any atom is 0.129 e. The lowest BCUT2D eigenvalue weighted by Gasteiger charge is -2.13. The van der Waals surface area contributed by atoms with Crippen LogP contribution in [-0.4, -0.2) is 10.1 Å². The summed E-state index contributed by atoms with van der Waals surface area (Å²) in [6.45, 7) is 4.04. The van der Waals surface area contributed by atoms with E-state index in [2.05, 4.69) is 11.9 Å². The van der Waals surface area contributed by atoms with Crippen LogP contribution in [0, 0.1) is 6.92 Å². The van der Waals surface area contributed by atoms with Crippen molar-refractivity contribution in [3.05, 3.63) is 45.3 Å². The third-order valence-corrected chi connectivity index (χ3v) is 4.09. The highest BCUT2D eigenvalue weighted by atomic mass is 32.1. The molecule has 2 aromatic heterocycles. The van der Waals surface area contributed by atoms with Gasteiger partial charge < -0.3 is 10.8 Å². The van der Waals surface area contributed by atoms with Gasteiger partial charge >= 0.3 is 0 Å². The number of nitrogens with zero attached hydrogens (tertiary/aromatic N) is 1. The number of thiophene rings is 1. The van der Waals surface area contributed by atoms with E-state index in [0.717, 1.165) is 22.4 Å².